The number of nitro groups is 1. The number of nitrogens with zero attached hydrogens (tertiary/aromatic N) is 2. The summed E-state index contributed by atoms with van der Waals surface area (Å²) in [5.41, 5.74) is 1.82. The Labute approximate surface area is 124 Å². The van der Waals surface area contributed by atoms with Crippen LogP contribution in [0.5, 0.6) is 0 Å². The molecule has 9 heteroatoms. The third-order valence-electron chi connectivity index (χ3n) is 3.54. The standard InChI is InChI=1S/C12H20N4O4S/c1-8(2)9(3)15(4)21(19,20)10-5-6-12(16(17)18)11(7-10)14-13/h5-9,14H,13H2,1-4H3. The number of benzene rings is 1. The van der Waals surface area contributed by atoms with Crippen LogP contribution in [0.4, 0.5) is 11.4 Å². The van der Waals surface area contributed by atoms with Gasteiger partial charge >= 0.3 is 0 Å². The van der Waals surface area contributed by atoms with Crippen LogP contribution in [-0.4, -0.2) is 30.7 Å². The predicted molar refractivity (Wildman–Crippen MR) is 80.2 cm³/mol. The van der Waals surface area contributed by atoms with E-state index in [1.807, 2.05) is 13.8 Å². The van der Waals surface area contributed by atoms with Crippen molar-refractivity contribution in [3.63, 3.8) is 0 Å². The van der Waals surface area contributed by atoms with E-state index in [0.29, 0.717) is 0 Å². The summed E-state index contributed by atoms with van der Waals surface area (Å²) in [5, 5.41) is 10.8. The van der Waals surface area contributed by atoms with Crippen molar-refractivity contribution in [2.45, 2.75) is 31.7 Å². The monoisotopic (exact) mass is 316 g/mol. The van der Waals surface area contributed by atoms with Gasteiger partial charge in [0, 0.05) is 19.2 Å². The molecule has 0 saturated carbocycles. The highest BCUT2D eigenvalue weighted by atomic mass is 32.2. The number of nitrogens with two attached hydrogens (primary N) is 1. The maximum absolute atomic E-state index is 12.5. The van der Waals surface area contributed by atoms with Gasteiger partial charge in [-0.1, -0.05) is 13.8 Å². The first-order valence-corrected chi connectivity index (χ1v) is 7.80. The van der Waals surface area contributed by atoms with Crippen LogP contribution in [0.25, 0.3) is 0 Å². The van der Waals surface area contributed by atoms with E-state index >= 15 is 0 Å². The highest BCUT2D eigenvalue weighted by molar-refractivity contribution is 7.89. The molecule has 1 atom stereocenters. The van der Waals surface area contributed by atoms with E-state index < -0.39 is 14.9 Å². The van der Waals surface area contributed by atoms with Gasteiger partial charge in [0.25, 0.3) is 5.69 Å². The van der Waals surface area contributed by atoms with Crippen molar-refractivity contribution in [3.8, 4) is 0 Å². The van der Waals surface area contributed by atoms with Gasteiger partial charge in [0.1, 0.15) is 5.69 Å². The van der Waals surface area contributed by atoms with Gasteiger partial charge < -0.3 is 5.43 Å². The molecular weight excluding hydrogens is 296 g/mol. The maximum Gasteiger partial charge on any atom is 0.293 e. The van der Waals surface area contributed by atoms with Gasteiger partial charge in [0.2, 0.25) is 10.0 Å². The maximum atomic E-state index is 12.5. The third-order valence-corrected chi connectivity index (χ3v) is 5.48. The van der Waals surface area contributed by atoms with Crippen molar-refractivity contribution in [3.05, 3.63) is 28.3 Å². The van der Waals surface area contributed by atoms with Gasteiger partial charge in [-0.2, -0.15) is 4.31 Å². The molecule has 0 radical (unpaired) electrons. The molecule has 0 aromatic heterocycles. The molecule has 118 valence electrons. The molecule has 21 heavy (non-hydrogen) atoms. The minimum Gasteiger partial charge on any atom is -0.318 e. The minimum absolute atomic E-state index is 0.0453. The first-order valence-electron chi connectivity index (χ1n) is 6.36. The number of nitro benzene ring substituents is 1. The summed E-state index contributed by atoms with van der Waals surface area (Å²) in [6.07, 6.45) is 0. The van der Waals surface area contributed by atoms with E-state index in [4.69, 9.17) is 5.84 Å². The van der Waals surface area contributed by atoms with Crippen LogP contribution in [0, 0.1) is 16.0 Å². The number of nitrogens with one attached hydrogen (secondary N) is 1. The molecule has 1 rings (SSSR count). The fourth-order valence-corrected chi connectivity index (χ4v) is 3.28. The Balaban J connectivity index is 3.30. The van der Waals surface area contributed by atoms with E-state index in [1.165, 1.54) is 17.4 Å². The Hall–Kier alpha value is -1.71. The van der Waals surface area contributed by atoms with Crippen molar-refractivity contribution >= 4 is 21.4 Å². The van der Waals surface area contributed by atoms with Crippen LogP contribution in [0.15, 0.2) is 23.1 Å². The zero-order chi connectivity index (χ0) is 16.4. The van der Waals surface area contributed by atoms with Crippen molar-refractivity contribution in [1.29, 1.82) is 0 Å². The van der Waals surface area contributed by atoms with Crippen LogP contribution in [-0.2, 0) is 10.0 Å². The second kappa shape index (κ2) is 6.37. The molecule has 0 aliphatic heterocycles. The number of rotatable bonds is 6. The van der Waals surface area contributed by atoms with E-state index in [-0.39, 0.29) is 28.2 Å². The number of anilines is 1. The summed E-state index contributed by atoms with van der Waals surface area (Å²) in [6.45, 7) is 5.63. The lowest BCUT2D eigenvalue weighted by molar-refractivity contribution is -0.384. The van der Waals surface area contributed by atoms with Crippen LogP contribution in [0.2, 0.25) is 0 Å². The second-order valence-electron chi connectivity index (χ2n) is 5.09. The molecule has 0 aliphatic carbocycles. The molecule has 0 bridgehead atoms. The summed E-state index contributed by atoms with van der Waals surface area (Å²) in [5.74, 6) is 5.36. The van der Waals surface area contributed by atoms with Gasteiger partial charge in [-0.15, -0.1) is 0 Å². The minimum atomic E-state index is -3.74. The molecular formula is C12H20N4O4S. The fourth-order valence-electron chi connectivity index (χ4n) is 1.76. The quantitative estimate of drug-likeness (QED) is 0.467. The van der Waals surface area contributed by atoms with Crippen molar-refractivity contribution in [1.82, 2.24) is 4.31 Å². The van der Waals surface area contributed by atoms with E-state index in [0.717, 1.165) is 12.1 Å². The summed E-state index contributed by atoms with van der Waals surface area (Å²) in [7, 11) is -2.26. The van der Waals surface area contributed by atoms with Crippen molar-refractivity contribution in [2.24, 2.45) is 11.8 Å². The zero-order valence-corrected chi connectivity index (χ0v) is 13.2. The van der Waals surface area contributed by atoms with Gasteiger partial charge in [-0.3, -0.25) is 16.0 Å². The molecule has 1 aromatic carbocycles. The summed E-state index contributed by atoms with van der Waals surface area (Å²) >= 11 is 0. The van der Waals surface area contributed by atoms with Crippen LogP contribution >= 0.6 is 0 Å². The largest absolute Gasteiger partial charge is 0.318 e. The zero-order valence-electron chi connectivity index (χ0n) is 12.4. The van der Waals surface area contributed by atoms with Crippen LogP contribution < -0.4 is 11.3 Å². The Kier molecular flexibility index (Phi) is 5.26. The normalized spacial score (nSPS) is 13.5. The molecule has 3 N–H and O–H groups in total. The molecule has 0 amide bonds. The highest BCUT2D eigenvalue weighted by Crippen LogP contribution is 2.28. The van der Waals surface area contributed by atoms with Gasteiger partial charge in [0.15, 0.2) is 0 Å². The first-order chi connectivity index (χ1) is 9.62. The van der Waals surface area contributed by atoms with E-state index in [1.54, 1.807) is 6.92 Å². The first kappa shape index (κ1) is 17.3. The topological polar surface area (TPSA) is 119 Å². The Bertz CT molecular complexity index is 630. The molecule has 0 heterocycles. The van der Waals surface area contributed by atoms with E-state index in [9.17, 15) is 18.5 Å². The Morgan fingerprint density at radius 2 is 1.90 bits per heavy atom. The third kappa shape index (κ3) is 3.49. The molecule has 0 saturated heterocycles. The van der Waals surface area contributed by atoms with Gasteiger partial charge in [-0.25, -0.2) is 8.42 Å². The van der Waals surface area contributed by atoms with Gasteiger partial charge in [-0.05, 0) is 25.0 Å². The summed E-state index contributed by atoms with van der Waals surface area (Å²) < 4.78 is 26.3. The van der Waals surface area contributed by atoms with Crippen molar-refractivity contribution < 1.29 is 13.3 Å². The summed E-state index contributed by atoms with van der Waals surface area (Å²) in [4.78, 5) is 10.1. The predicted octanol–water partition coefficient (Wildman–Crippen LogP) is 1.55. The lowest BCUT2D eigenvalue weighted by Crippen LogP contribution is -2.38. The number of nitrogen functional groups attached to an aromatic ring is 1. The average molecular weight is 316 g/mol. The molecule has 0 spiro atoms. The lowest BCUT2D eigenvalue weighted by atomic mass is 10.1. The average Bonchev–Trinajstić information content (AvgIpc) is 2.44. The Morgan fingerprint density at radius 3 is 2.33 bits per heavy atom. The number of hydrazine groups is 1. The smallest absolute Gasteiger partial charge is 0.293 e. The fraction of sp³-hybridized carbons (Fsp3) is 0.500. The van der Waals surface area contributed by atoms with E-state index in [2.05, 4.69) is 5.43 Å². The SMILES string of the molecule is CC(C)C(C)N(C)S(=O)(=O)c1ccc([N+](=O)[O-])c(NN)c1. The van der Waals surface area contributed by atoms with Crippen LogP contribution in [0.3, 0.4) is 0 Å². The molecule has 0 fully saturated rings. The number of hydrogen-bond donors (Lipinski definition) is 2. The number of hydrogen-bond acceptors (Lipinski definition) is 6. The lowest BCUT2D eigenvalue weighted by Gasteiger charge is -2.27. The second-order valence-corrected chi connectivity index (χ2v) is 7.08. The molecule has 1 unspecified atom stereocenters. The van der Waals surface area contributed by atoms with Gasteiger partial charge in [0.05, 0.1) is 9.82 Å². The molecule has 8 nitrogen and oxygen atoms in total. The molecule has 0 aliphatic rings. The van der Waals surface area contributed by atoms with Crippen LogP contribution in [0.1, 0.15) is 20.8 Å². The number of sulfonamides is 1. The molecule has 1 aromatic rings. The Morgan fingerprint density at radius 1 is 1.33 bits per heavy atom. The summed E-state index contributed by atoms with van der Waals surface area (Å²) in [6, 6.07) is 3.28. The highest BCUT2D eigenvalue weighted by Gasteiger charge is 2.28. The van der Waals surface area contributed by atoms with Crippen molar-refractivity contribution in [2.75, 3.05) is 12.5 Å².